The van der Waals surface area contributed by atoms with Crippen molar-refractivity contribution in [3.8, 4) is 0 Å². The molecule has 1 heteroatoms. The molecule has 0 radical (unpaired) electrons. The van der Waals surface area contributed by atoms with Gasteiger partial charge in [-0.15, -0.1) is 0 Å². The molecule has 0 heterocycles. The monoisotopic (exact) mass is 193 g/mol. The molecule has 0 aliphatic heterocycles. The quantitative estimate of drug-likeness (QED) is 0.673. The Morgan fingerprint density at radius 2 is 1.64 bits per heavy atom. The molecular formula is C13H23N. The SMILES string of the molecule is C=C(N)/C(C(C)=C(C)C)=C(/C)CCC. The van der Waals surface area contributed by atoms with E-state index in [1.807, 2.05) is 0 Å². The lowest BCUT2D eigenvalue weighted by atomic mass is 9.94. The van der Waals surface area contributed by atoms with E-state index in [4.69, 9.17) is 5.73 Å². The Morgan fingerprint density at radius 3 is 1.93 bits per heavy atom. The minimum atomic E-state index is 0.689. The normalized spacial score (nSPS) is 12.1. The molecule has 0 fully saturated rings. The summed E-state index contributed by atoms with van der Waals surface area (Å²) in [5, 5.41) is 0. The van der Waals surface area contributed by atoms with Gasteiger partial charge in [-0.3, -0.25) is 0 Å². The first kappa shape index (κ1) is 13.0. The zero-order valence-electron chi connectivity index (χ0n) is 10.2. The molecule has 14 heavy (non-hydrogen) atoms. The Hall–Kier alpha value is -0.980. The van der Waals surface area contributed by atoms with Crippen LogP contribution in [0.1, 0.15) is 47.5 Å². The van der Waals surface area contributed by atoms with Gasteiger partial charge in [-0.2, -0.15) is 0 Å². The van der Waals surface area contributed by atoms with Crippen LogP contribution in [0, 0.1) is 0 Å². The maximum atomic E-state index is 5.82. The molecule has 0 aromatic rings. The summed E-state index contributed by atoms with van der Waals surface area (Å²) in [5.41, 5.74) is 11.6. The first-order chi connectivity index (χ1) is 6.41. The first-order valence-electron chi connectivity index (χ1n) is 5.20. The molecule has 1 nitrogen and oxygen atoms in total. The Labute approximate surface area is 88.4 Å². The van der Waals surface area contributed by atoms with Crippen molar-refractivity contribution in [2.24, 2.45) is 5.73 Å². The summed E-state index contributed by atoms with van der Waals surface area (Å²) in [7, 11) is 0. The van der Waals surface area contributed by atoms with Crippen LogP contribution in [0.5, 0.6) is 0 Å². The second-order valence-electron chi connectivity index (χ2n) is 4.06. The second-order valence-corrected chi connectivity index (χ2v) is 4.06. The molecule has 0 saturated carbocycles. The highest BCUT2D eigenvalue weighted by Gasteiger charge is 2.07. The molecule has 0 bridgehead atoms. The topological polar surface area (TPSA) is 26.0 Å². The van der Waals surface area contributed by atoms with Crippen molar-refractivity contribution in [3.63, 3.8) is 0 Å². The van der Waals surface area contributed by atoms with E-state index in [9.17, 15) is 0 Å². The fourth-order valence-electron chi connectivity index (χ4n) is 1.59. The molecule has 0 saturated heterocycles. The van der Waals surface area contributed by atoms with Crippen LogP contribution in [0.4, 0.5) is 0 Å². The standard InChI is InChI=1S/C13H23N/c1-7-8-10(4)13(12(6)14)11(5)9(2)3/h6-8,14H2,1-5H3/b13-10-. The van der Waals surface area contributed by atoms with Crippen molar-refractivity contribution in [2.75, 3.05) is 0 Å². The molecule has 0 rings (SSSR count). The Kier molecular flexibility index (Phi) is 5.29. The van der Waals surface area contributed by atoms with E-state index in [0.717, 1.165) is 18.4 Å². The van der Waals surface area contributed by atoms with Gasteiger partial charge in [0.1, 0.15) is 0 Å². The Morgan fingerprint density at radius 1 is 1.14 bits per heavy atom. The highest BCUT2D eigenvalue weighted by atomic mass is 14.6. The van der Waals surface area contributed by atoms with Crippen LogP contribution >= 0.6 is 0 Å². The molecule has 0 spiro atoms. The smallest absolute Gasteiger partial charge is 0.0316 e. The molecule has 0 atom stereocenters. The third kappa shape index (κ3) is 3.41. The molecule has 2 N–H and O–H groups in total. The van der Waals surface area contributed by atoms with E-state index in [0.29, 0.717) is 5.70 Å². The number of allylic oxidation sites excluding steroid dienone is 3. The van der Waals surface area contributed by atoms with Crippen molar-refractivity contribution in [1.29, 1.82) is 0 Å². The summed E-state index contributed by atoms with van der Waals surface area (Å²) in [6.45, 7) is 14.5. The third-order valence-electron chi connectivity index (χ3n) is 2.50. The summed E-state index contributed by atoms with van der Waals surface area (Å²) in [6, 6.07) is 0. The lowest BCUT2D eigenvalue weighted by molar-refractivity contribution is 0.891. The maximum absolute atomic E-state index is 5.82. The zero-order chi connectivity index (χ0) is 11.3. The van der Waals surface area contributed by atoms with Gasteiger partial charge in [0.2, 0.25) is 0 Å². The van der Waals surface area contributed by atoms with Crippen LogP contribution in [-0.4, -0.2) is 0 Å². The summed E-state index contributed by atoms with van der Waals surface area (Å²) < 4.78 is 0. The maximum Gasteiger partial charge on any atom is 0.0316 e. The van der Waals surface area contributed by atoms with E-state index < -0.39 is 0 Å². The average molecular weight is 193 g/mol. The second kappa shape index (κ2) is 5.69. The van der Waals surface area contributed by atoms with Crippen molar-refractivity contribution >= 4 is 0 Å². The van der Waals surface area contributed by atoms with E-state index >= 15 is 0 Å². The van der Waals surface area contributed by atoms with Gasteiger partial charge >= 0.3 is 0 Å². The fourth-order valence-corrected chi connectivity index (χ4v) is 1.59. The third-order valence-corrected chi connectivity index (χ3v) is 2.50. The van der Waals surface area contributed by atoms with Crippen LogP contribution in [0.15, 0.2) is 34.6 Å². The van der Waals surface area contributed by atoms with Gasteiger partial charge in [-0.05, 0) is 45.3 Å². The van der Waals surface area contributed by atoms with E-state index in [-0.39, 0.29) is 0 Å². The van der Waals surface area contributed by atoms with Crippen LogP contribution in [0.3, 0.4) is 0 Å². The van der Waals surface area contributed by atoms with Crippen LogP contribution < -0.4 is 5.73 Å². The number of nitrogens with two attached hydrogens (primary N) is 1. The largest absolute Gasteiger partial charge is 0.399 e. The predicted molar refractivity (Wildman–Crippen MR) is 65.0 cm³/mol. The lowest BCUT2D eigenvalue weighted by Crippen LogP contribution is -2.04. The van der Waals surface area contributed by atoms with Gasteiger partial charge in [0.25, 0.3) is 0 Å². The molecule has 0 unspecified atom stereocenters. The number of hydrogen-bond acceptors (Lipinski definition) is 1. The Bertz CT molecular complexity index is 276. The summed E-state index contributed by atoms with van der Waals surface area (Å²) in [6.07, 6.45) is 2.24. The molecule has 0 aliphatic rings. The highest BCUT2D eigenvalue weighted by molar-refractivity contribution is 5.47. The fraction of sp³-hybridized carbons (Fsp3) is 0.538. The number of hydrogen-bond donors (Lipinski definition) is 1. The molecule has 0 aromatic carbocycles. The minimum Gasteiger partial charge on any atom is -0.399 e. The molecular weight excluding hydrogens is 170 g/mol. The van der Waals surface area contributed by atoms with E-state index in [1.54, 1.807) is 0 Å². The molecule has 80 valence electrons. The van der Waals surface area contributed by atoms with E-state index in [1.165, 1.54) is 16.7 Å². The zero-order valence-corrected chi connectivity index (χ0v) is 10.2. The number of rotatable bonds is 4. The summed E-state index contributed by atoms with van der Waals surface area (Å²) >= 11 is 0. The van der Waals surface area contributed by atoms with Gasteiger partial charge < -0.3 is 5.73 Å². The minimum absolute atomic E-state index is 0.689. The van der Waals surface area contributed by atoms with Gasteiger partial charge in [0.05, 0.1) is 0 Å². The van der Waals surface area contributed by atoms with Gasteiger partial charge in [-0.25, -0.2) is 0 Å². The van der Waals surface area contributed by atoms with Gasteiger partial charge in [0, 0.05) is 5.70 Å². The average Bonchev–Trinajstić information content (AvgIpc) is 2.03. The summed E-state index contributed by atoms with van der Waals surface area (Å²) in [5.74, 6) is 0. The predicted octanol–water partition coefficient (Wildman–Crippen LogP) is 3.93. The van der Waals surface area contributed by atoms with Crippen molar-refractivity contribution in [2.45, 2.75) is 47.5 Å². The Balaban J connectivity index is 5.26. The van der Waals surface area contributed by atoms with Gasteiger partial charge in [0.15, 0.2) is 0 Å². The van der Waals surface area contributed by atoms with E-state index in [2.05, 4.69) is 41.2 Å². The van der Waals surface area contributed by atoms with Crippen LogP contribution in [0.25, 0.3) is 0 Å². The van der Waals surface area contributed by atoms with Gasteiger partial charge in [-0.1, -0.05) is 31.1 Å². The van der Waals surface area contributed by atoms with Crippen LogP contribution in [-0.2, 0) is 0 Å². The molecule has 0 amide bonds. The molecule has 0 aliphatic carbocycles. The lowest BCUT2D eigenvalue weighted by Gasteiger charge is -2.14. The van der Waals surface area contributed by atoms with Crippen molar-refractivity contribution < 1.29 is 0 Å². The van der Waals surface area contributed by atoms with Crippen molar-refractivity contribution in [1.82, 2.24) is 0 Å². The molecule has 0 aromatic heterocycles. The summed E-state index contributed by atoms with van der Waals surface area (Å²) in [4.78, 5) is 0. The van der Waals surface area contributed by atoms with Crippen LogP contribution in [0.2, 0.25) is 0 Å². The van der Waals surface area contributed by atoms with Crippen molar-refractivity contribution in [3.05, 3.63) is 34.6 Å². The highest BCUT2D eigenvalue weighted by Crippen LogP contribution is 2.24. The first-order valence-corrected chi connectivity index (χ1v) is 5.20.